The van der Waals surface area contributed by atoms with E-state index in [1.54, 1.807) is 11.8 Å². The summed E-state index contributed by atoms with van der Waals surface area (Å²) in [5.41, 5.74) is 5.86. The van der Waals surface area contributed by atoms with Crippen molar-refractivity contribution in [2.45, 2.75) is 38.6 Å². The number of carbonyl (C=O) groups is 2. The Labute approximate surface area is 160 Å². The highest BCUT2D eigenvalue weighted by Gasteiger charge is 2.29. The van der Waals surface area contributed by atoms with E-state index in [9.17, 15) is 9.59 Å². The van der Waals surface area contributed by atoms with Gasteiger partial charge in [-0.15, -0.1) is 24.0 Å². The van der Waals surface area contributed by atoms with Gasteiger partial charge in [-0.05, 0) is 32.6 Å². The number of nitrogens with one attached hydrogen (secondary N) is 2. The number of likely N-dealkylation sites (tertiary alicyclic amines) is 1. The molecule has 1 aliphatic carbocycles. The lowest BCUT2D eigenvalue weighted by Crippen LogP contribution is -2.48. The monoisotopic (exact) mass is 453 g/mol. The fraction of sp³-hybridized carbons (Fsp3) is 0.800. The lowest BCUT2D eigenvalue weighted by Gasteiger charge is -2.31. The van der Waals surface area contributed by atoms with Crippen molar-refractivity contribution in [1.82, 2.24) is 15.5 Å². The average Bonchev–Trinajstić information content (AvgIpc) is 3.37. The van der Waals surface area contributed by atoms with Crippen LogP contribution in [0.25, 0.3) is 0 Å². The van der Waals surface area contributed by atoms with Crippen molar-refractivity contribution in [3.05, 3.63) is 0 Å². The summed E-state index contributed by atoms with van der Waals surface area (Å²) in [6.07, 6.45) is 3.38. The maximum absolute atomic E-state index is 11.6. The summed E-state index contributed by atoms with van der Waals surface area (Å²) < 4.78 is 4.99. The fourth-order valence-electron chi connectivity index (χ4n) is 2.52. The first-order valence-electron chi connectivity index (χ1n) is 8.36. The molecule has 0 aromatic carbocycles. The van der Waals surface area contributed by atoms with Gasteiger partial charge in [-0.2, -0.15) is 0 Å². The van der Waals surface area contributed by atoms with Crippen molar-refractivity contribution in [2.75, 3.05) is 32.8 Å². The number of piperidine rings is 1. The van der Waals surface area contributed by atoms with Crippen LogP contribution in [0, 0.1) is 5.92 Å². The van der Waals surface area contributed by atoms with Gasteiger partial charge in [0.25, 0.3) is 0 Å². The number of hydrogen-bond acceptors (Lipinski definition) is 4. The lowest BCUT2D eigenvalue weighted by molar-refractivity contribution is -0.122. The topological polar surface area (TPSA) is 109 Å². The molecule has 0 aromatic rings. The van der Waals surface area contributed by atoms with E-state index in [1.807, 2.05) is 0 Å². The molecule has 0 spiro atoms. The first kappa shape index (κ1) is 20.8. The third-order valence-corrected chi connectivity index (χ3v) is 4.01. The van der Waals surface area contributed by atoms with Gasteiger partial charge in [-0.3, -0.25) is 9.79 Å². The van der Waals surface area contributed by atoms with Gasteiger partial charge in [0.05, 0.1) is 13.2 Å². The second-order valence-corrected chi connectivity index (χ2v) is 5.94. The average molecular weight is 453 g/mol. The SMILES string of the molecule is CCOC(=O)N1CCC(NC(N)=NCCNC(=O)C2CC2)CC1.I. The first-order chi connectivity index (χ1) is 11.1. The zero-order chi connectivity index (χ0) is 16.7. The largest absolute Gasteiger partial charge is 0.450 e. The minimum Gasteiger partial charge on any atom is -0.450 e. The molecule has 1 saturated carbocycles. The second-order valence-electron chi connectivity index (χ2n) is 5.94. The predicted octanol–water partition coefficient (Wildman–Crippen LogP) is 0.656. The number of halogens is 1. The molecule has 2 fully saturated rings. The number of aliphatic imine (C=N–C) groups is 1. The zero-order valence-corrected chi connectivity index (χ0v) is 16.5. The number of amides is 2. The highest BCUT2D eigenvalue weighted by Crippen LogP contribution is 2.28. The molecule has 1 aliphatic heterocycles. The van der Waals surface area contributed by atoms with Crippen LogP contribution in [0.2, 0.25) is 0 Å². The van der Waals surface area contributed by atoms with E-state index in [2.05, 4.69) is 15.6 Å². The van der Waals surface area contributed by atoms with Crippen molar-refractivity contribution in [1.29, 1.82) is 0 Å². The number of nitrogens with two attached hydrogens (primary N) is 1. The highest BCUT2D eigenvalue weighted by atomic mass is 127. The Kier molecular flexibility index (Phi) is 9.16. The van der Waals surface area contributed by atoms with Crippen LogP contribution < -0.4 is 16.4 Å². The van der Waals surface area contributed by atoms with Gasteiger partial charge >= 0.3 is 6.09 Å². The molecule has 0 aromatic heterocycles. The van der Waals surface area contributed by atoms with E-state index in [4.69, 9.17) is 10.5 Å². The number of rotatable bonds is 6. The van der Waals surface area contributed by atoms with Crippen LogP contribution >= 0.6 is 24.0 Å². The summed E-state index contributed by atoms with van der Waals surface area (Å²) in [4.78, 5) is 29.0. The normalized spacial score (nSPS) is 18.5. The number of guanidine groups is 1. The number of nitrogens with zero attached hydrogens (tertiary/aromatic N) is 2. The van der Waals surface area contributed by atoms with Crippen LogP contribution in [0.3, 0.4) is 0 Å². The molecule has 0 atom stereocenters. The summed E-state index contributed by atoms with van der Waals surface area (Å²) in [5.74, 6) is 0.734. The standard InChI is InChI=1S/C15H27N5O3.HI/c1-2-23-15(22)20-9-5-12(6-10-20)19-14(16)18-8-7-17-13(21)11-3-4-11;/h11-12H,2-10H2,1H3,(H,17,21)(H3,16,18,19);1H. The van der Waals surface area contributed by atoms with Crippen molar-refractivity contribution in [2.24, 2.45) is 16.6 Å². The van der Waals surface area contributed by atoms with Crippen LogP contribution in [-0.4, -0.2) is 61.7 Å². The van der Waals surface area contributed by atoms with Gasteiger partial charge in [0.1, 0.15) is 0 Å². The maximum atomic E-state index is 11.6. The van der Waals surface area contributed by atoms with Gasteiger partial charge < -0.3 is 26.0 Å². The molecule has 0 radical (unpaired) electrons. The first-order valence-corrected chi connectivity index (χ1v) is 8.36. The predicted molar refractivity (Wildman–Crippen MR) is 102 cm³/mol. The number of carbonyl (C=O) groups excluding carboxylic acids is 2. The third kappa shape index (κ3) is 7.10. The molecule has 138 valence electrons. The van der Waals surface area contributed by atoms with E-state index in [1.165, 1.54) is 0 Å². The molecule has 1 heterocycles. The molecule has 0 unspecified atom stereocenters. The molecular formula is C15H28IN5O3. The van der Waals surface area contributed by atoms with Crippen molar-refractivity contribution < 1.29 is 14.3 Å². The quantitative estimate of drug-likeness (QED) is 0.237. The van der Waals surface area contributed by atoms with E-state index >= 15 is 0 Å². The smallest absolute Gasteiger partial charge is 0.409 e. The van der Waals surface area contributed by atoms with Crippen molar-refractivity contribution >= 4 is 41.9 Å². The number of ether oxygens (including phenoxy) is 1. The summed E-state index contributed by atoms with van der Waals surface area (Å²) in [5, 5.41) is 6.02. The van der Waals surface area contributed by atoms with E-state index in [0.717, 1.165) is 25.7 Å². The molecule has 4 N–H and O–H groups in total. The van der Waals surface area contributed by atoms with Crippen molar-refractivity contribution in [3.63, 3.8) is 0 Å². The van der Waals surface area contributed by atoms with Gasteiger partial charge in [0.15, 0.2) is 5.96 Å². The molecule has 2 rings (SSSR count). The van der Waals surface area contributed by atoms with Crippen molar-refractivity contribution in [3.8, 4) is 0 Å². The van der Waals surface area contributed by atoms with Gasteiger partial charge in [0.2, 0.25) is 5.91 Å². The maximum Gasteiger partial charge on any atom is 0.409 e. The molecule has 2 aliphatic rings. The Bertz CT molecular complexity index is 448. The van der Waals surface area contributed by atoms with Crippen LogP contribution in [0.4, 0.5) is 4.79 Å². The number of hydrogen-bond donors (Lipinski definition) is 3. The summed E-state index contributed by atoms with van der Waals surface area (Å²) in [6.45, 7) is 4.49. The summed E-state index contributed by atoms with van der Waals surface area (Å²) in [6, 6.07) is 0.213. The van der Waals surface area contributed by atoms with Crippen LogP contribution in [-0.2, 0) is 9.53 Å². The Morgan fingerprint density at radius 1 is 1.25 bits per heavy atom. The van der Waals surface area contributed by atoms with E-state index in [0.29, 0.717) is 38.7 Å². The fourth-order valence-corrected chi connectivity index (χ4v) is 2.52. The minimum atomic E-state index is -0.251. The minimum absolute atomic E-state index is 0. The van der Waals surface area contributed by atoms with E-state index < -0.39 is 0 Å². The zero-order valence-electron chi connectivity index (χ0n) is 14.1. The van der Waals surface area contributed by atoms with Gasteiger partial charge in [-0.25, -0.2) is 4.79 Å². The Morgan fingerprint density at radius 2 is 1.92 bits per heavy atom. The Balaban J connectivity index is 0.00000288. The summed E-state index contributed by atoms with van der Waals surface area (Å²) in [7, 11) is 0. The molecule has 0 bridgehead atoms. The molecule has 1 saturated heterocycles. The van der Waals surface area contributed by atoms with Crippen LogP contribution in [0.5, 0.6) is 0 Å². The summed E-state index contributed by atoms with van der Waals surface area (Å²) >= 11 is 0. The Hall–Kier alpha value is -1.26. The Morgan fingerprint density at radius 3 is 2.50 bits per heavy atom. The van der Waals surface area contributed by atoms with Crippen LogP contribution in [0.15, 0.2) is 4.99 Å². The molecule has 24 heavy (non-hydrogen) atoms. The molecule has 2 amide bonds. The highest BCUT2D eigenvalue weighted by molar-refractivity contribution is 14.0. The molecular weight excluding hydrogens is 425 g/mol. The second kappa shape index (κ2) is 10.6. The third-order valence-electron chi connectivity index (χ3n) is 4.01. The van der Waals surface area contributed by atoms with Crippen LogP contribution in [0.1, 0.15) is 32.6 Å². The van der Waals surface area contributed by atoms with E-state index in [-0.39, 0.29) is 47.9 Å². The molecule has 9 heteroatoms. The van der Waals surface area contributed by atoms with Gasteiger partial charge in [-0.1, -0.05) is 0 Å². The van der Waals surface area contributed by atoms with Gasteiger partial charge in [0, 0.05) is 31.6 Å². The molecule has 8 nitrogen and oxygen atoms in total. The lowest BCUT2D eigenvalue weighted by atomic mass is 10.1.